The Morgan fingerprint density at radius 3 is 2.56 bits per heavy atom. The molecule has 0 atom stereocenters. The number of benzene rings is 1. The van der Waals surface area contributed by atoms with E-state index in [-0.39, 0.29) is 1.43 Å². The average molecular weight is 141 g/mol. The van der Waals surface area contributed by atoms with Crippen molar-refractivity contribution >= 4 is 12.6 Å². The van der Waals surface area contributed by atoms with Gasteiger partial charge in [0, 0.05) is 12.9 Å². The van der Waals surface area contributed by atoms with E-state index in [4.69, 9.17) is 5.73 Å². The van der Waals surface area contributed by atoms with Gasteiger partial charge in [0.25, 0.3) is 0 Å². The molecule has 0 heterocycles. The molecule has 0 spiro atoms. The Labute approximate surface area is 61.8 Å². The molecule has 50 valence electrons. The zero-order valence-electron chi connectivity index (χ0n) is 5.04. The summed E-state index contributed by atoms with van der Waals surface area (Å²) < 4.78 is 0. The topological polar surface area (TPSA) is 26.0 Å². The number of thiol groups is 1. The van der Waals surface area contributed by atoms with Crippen LogP contribution in [0.15, 0.2) is 29.2 Å². The van der Waals surface area contributed by atoms with Gasteiger partial charge in [-0.25, -0.2) is 0 Å². The predicted octanol–water partition coefficient (Wildman–Crippen LogP) is 1.68. The lowest BCUT2D eigenvalue weighted by Gasteiger charge is -1.97. The second kappa shape index (κ2) is 2.90. The first kappa shape index (κ1) is 6.65. The van der Waals surface area contributed by atoms with Crippen LogP contribution in [0.1, 0.15) is 6.99 Å². The molecule has 0 aliphatic heterocycles. The van der Waals surface area contributed by atoms with Gasteiger partial charge in [-0.15, -0.1) is 12.6 Å². The maximum absolute atomic E-state index is 5.40. The monoisotopic (exact) mass is 141 g/mol. The molecule has 0 radical (unpaired) electrons. The van der Waals surface area contributed by atoms with Crippen molar-refractivity contribution in [3.05, 3.63) is 29.8 Å². The van der Waals surface area contributed by atoms with Crippen LogP contribution in [0, 0.1) is 0 Å². The van der Waals surface area contributed by atoms with Crippen molar-refractivity contribution in [2.24, 2.45) is 5.73 Å². The molecule has 0 aliphatic rings. The van der Waals surface area contributed by atoms with Gasteiger partial charge in [0.1, 0.15) is 0 Å². The molecule has 0 fully saturated rings. The Morgan fingerprint density at radius 2 is 2.11 bits per heavy atom. The molecule has 0 aromatic heterocycles. The van der Waals surface area contributed by atoms with Gasteiger partial charge in [0.2, 0.25) is 0 Å². The lowest BCUT2D eigenvalue weighted by molar-refractivity contribution is 1.03. The van der Waals surface area contributed by atoms with Crippen LogP contribution in [0.5, 0.6) is 0 Å². The first-order valence-electron chi connectivity index (χ1n) is 2.81. The van der Waals surface area contributed by atoms with Crippen LogP contribution in [-0.2, 0) is 6.54 Å². The maximum atomic E-state index is 5.40. The summed E-state index contributed by atoms with van der Waals surface area (Å²) in [6, 6.07) is 7.82. The van der Waals surface area contributed by atoms with E-state index in [1.54, 1.807) is 0 Å². The van der Waals surface area contributed by atoms with Crippen molar-refractivity contribution in [3.8, 4) is 0 Å². The van der Waals surface area contributed by atoms with Gasteiger partial charge < -0.3 is 5.73 Å². The summed E-state index contributed by atoms with van der Waals surface area (Å²) in [6.45, 7) is 0.569. The second-order valence-corrected chi connectivity index (χ2v) is 2.31. The van der Waals surface area contributed by atoms with Gasteiger partial charge >= 0.3 is 0 Å². The third-order valence-electron chi connectivity index (χ3n) is 1.21. The number of rotatable bonds is 1. The van der Waals surface area contributed by atoms with Crippen molar-refractivity contribution < 1.29 is 1.43 Å². The molecular weight excluding hydrogens is 130 g/mol. The third-order valence-corrected chi connectivity index (χ3v) is 1.65. The molecule has 2 heteroatoms. The van der Waals surface area contributed by atoms with E-state index in [0.717, 1.165) is 10.5 Å². The number of hydrogen-bond donors (Lipinski definition) is 2. The summed E-state index contributed by atoms with van der Waals surface area (Å²) in [5.74, 6) is 0. The standard InChI is InChI=1S/C7H9NS.H2/c8-5-6-3-1-2-4-7(6)9;/h1-4,9H,5,8H2;1H. The predicted molar refractivity (Wildman–Crippen MR) is 43.7 cm³/mol. The highest BCUT2D eigenvalue weighted by molar-refractivity contribution is 7.80. The fourth-order valence-electron chi connectivity index (χ4n) is 0.683. The minimum Gasteiger partial charge on any atom is -0.326 e. The zero-order chi connectivity index (χ0) is 6.69. The van der Waals surface area contributed by atoms with Crippen molar-refractivity contribution in [2.75, 3.05) is 0 Å². The average Bonchev–Trinajstić information content (AvgIpc) is 1.89. The van der Waals surface area contributed by atoms with Crippen molar-refractivity contribution in [3.63, 3.8) is 0 Å². The van der Waals surface area contributed by atoms with Crippen molar-refractivity contribution in [1.29, 1.82) is 0 Å². The van der Waals surface area contributed by atoms with Crippen LogP contribution >= 0.6 is 12.6 Å². The lowest BCUT2D eigenvalue weighted by atomic mass is 10.2. The Kier molecular flexibility index (Phi) is 2.14. The molecule has 1 aromatic carbocycles. The molecule has 0 saturated heterocycles. The molecule has 0 unspecified atom stereocenters. The Hall–Kier alpha value is -0.470. The van der Waals surface area contributed by atoms with E-state index >= 15 is 0 Å². The molecule has 2 N–H and O–H groups in total. The van der Waals surface area contributed by atoms with Gasteiger partial charge in [0.05, 0.1) is 0 Å². The maximum Gasteiger partial charge on any atom is 0.0189 e. The highest BCUT2D eigenvalue weighted by Gasteiger charge is 1.90. The van der Waals surface area contributed by atoms with Crippen molar-refractivity contribution in [1.82, 2.24) is 0 Å². The van der Waals surface area contributed by atoms with Crippen LogP contribution < -0.4 is 5.73 Å². The van der Waals surface area contributed by atoms with Gasteiger partial charge in [0.15, 0.2) is 0 Å². The molecule has 0 bridgehead atoms. The SMILES string of the molecule is NCc1ccccc1S.[HH]. The summed E-state index contributed by atoms with van der Waals surface area (Å²) >= 11 is 4.20. The third kappa shape index (κ3) is 1.47. The normalized spacial score (nSPS) is 9.56. The molecule has 0 aliphatic carbocycles. The molecular formula is C7H11NS. The summed E-state index contributed by atoms with van der Waals surface area (Å²) in [6.07, 6.45) is 0. The van der Waals surface area contributed by atoms with Crippen LogP contribution in [-0.4, -0.2) is 0 Å². The highest BCUT2D eigenvalue weighted by atomic mass is 32.1. The molecule has 1 nitrogen and oxygen atoms in total. The second-order valence-electron chi connectivity index (χ2n) is 1.83. The Balaban J connectivity index is 0.000000810. The highest BCUT2D eigenvalue weighted by Crippen LogP contribution is 2.10. The molecule has 1 rings (SSSR count). The van der Waals surface area contributed by atoms with E-state index in [0.29, 0.717) is 6.54 Å². The fourth-order valence-corrected chi connectivity index (χ4v) is 0.935. The van der Waals surface area contributed by atoms with E-state index in [1.165, 1.54) is 0 Å². The fraction of sp³-hybridized carbons (Fsp3) is 0.143. The van der Waals surface area contributed by atoms with E-state index in [1.807, 2.05) is 24.3 Å². The van der Waals surface area contributed by atoms with Crippen LogP contribution in [0.3, 0.4) is 0 Å². The summed E-state index contributed by atoms with van der Waals surface area (Å²) in [4.78, 5) is 0.972. The van der Waals surface area contributed by atoms with E-state index in [9.17, 15) is 0 Å². The molecule has 9 heavy (non-hydrogen) atoms. The van der Waals surface area contributed by atoms with Crippen molar-refractivity contribution in [2.45, 2.75) is 11.4 Å². The number of nitrogens with two attached hydrogens (primary N) is 1. The smallest absolute Gasteiger partial charge is 0.0189 e. The van der Waals surface area contributed by atoms with Gasteiger partial charge in [-0.2, -0.15) is 0 Å². The van der Waals surface area contributed by atoms with Gasteiger partial charge in [-0.05, 0) is 11.6 Å². The zero-order valence-corrected chi connectivity index (χ0v) is 5.94. The Morgan fingerprint density at radius 1 is 1.44 bits per heavy atom. The molecule has 0 saturated carbocycles. The van der Waals surface area contributed by atoms with Crippen LogP contribution in [0.25, 0.3) is 0 Å². The van der Waals surface area contributed by atoms with Gasteiger partial charge in [-0.3, -0.25) is 0 Å². The van der Waals surface area contributed by atoms with Gasteiger partial charge in [-0.1, -0.05) is 18.2 Å². The van der Waals surface area contributed by atoms with E-state index < -0.39 is 0 Å². The van der Waals surface area contributed by atoms with Crippen LogP contribution in [0.2, 0.25) is 0 Å². The molecule has 1 aromatic rings. The number of hydrogen-bond acceptors (Lipinski definition) is 2. The Bertz CT molecular complexity index is 203. The summed E-state index contributed by atoms with van der Waals surface area (Å²) in [7, 11) is 0. The first-order valence-corrected chi connectivity index (χ1v) is 3.26. The lowest BCUT2D eigenvalue weighted by Crippen LogP contribution is -1.96. The summed E-state index contributed by atoms with van der Waals surface area (Å²) in [5, 5.41) is 0. The quantitative estimate of drug-likeness (QED) is 0.572. The van der Waals surface area contributed by atoms with E-state index in [2.05, 4.69) is 12.6 Å². The van der Waals surface area contributed by atoms with Crippen LogP contribution in [0.4, 0.5) is 0 Å². The summed E-state index contributed by atoms with van der Waals surface area (Å²) in [5.41, 5.74) is 6.50. The molecule has 0 amide bonds. The first-order chi connectivity index (χ1) is 4.34. The largest absolute Gasteiger partial charge is 0.326 e. The minimum atomic E-state index is 0. The minimum absolute atomic E-state index is 0.